The summed E-state index contributed by atoms with van der Waals surface area (Å²) in [6, 6.07) is 3.73. The minimum absolute atomic E-state index is 0.697. The average molecular weight is 221 g/mol. The second-order valence-electron chi connectivity index (χ2n) is 3.68. The molecule has 1 unspecified atom stereocenters. The van der Waals surface area contributed by atoms with E-state index in [9.17, 15) is 9.90 Å². The molecule has 4 nitrogen and oxygen atoms in total. The van der Waals surface area contributed by atoms with Crippen molar-refractivity contribution < 1.29 is 14.6 Å². The molecule has 0 saturated carbocycles. The molecule has 86 valence electrons. The summed E-state index contributed by atoms with van der Waals surface area (Å²) in [6.45, 7) is 3.27. The summed E-state index contributed by atoms with van der Waals surface area (Å²) in [5.41, 5.74) is 0.0599. The number of carbonyl (C=O) groups is 1. The Morgan fingerprint density at radius 2 is 2.31 bits per heavy atom. The fourth-order valence-electron chi connectivity index (χ4n) is 1.19. The number of carbonyl (C=O) groups excluding carboxylic acids is 1. The van der Waals surface area contributed by atoms with Crippen LogP contribution in [0.2, 0.25) is 0 Å². The Morgan fingerprint density at radius 3 is 2.88 bits per heavy atom. The van der Waals surface area contributed by atoms with Gasteiger partial charge in [0, 0.05) is 6.20 Å². The lowest BCUT2D eigenvalue weighted by Crippen LogP contribution is -2.33. The molecule has 0 aromatic carbocycles. The first-order valence-corrected chi connectivity index (χ1v) is 4.89. The van der Waals surface area contributed by atoms with Gasteiger partial charge in [0.2, 0.25) is 0 Å². The molecule has 0 amide bonds. The summed E-state index contributed by atoms with van der Waals surface area (Å²) in [4.78, 5) is 15.3. The fourth-order valence-corrected chi connectivity index (χ4v) is 1.19. The van der Waals surface area contributed by atoms with Crippen LogP contribution in [0.15, 0.2) is 24.4 Å². The van der Waals surface area contributed by atoms with Crippen LogP contribution in [-0.2, 0) is 9.53 Å². The summed E-state index contributed by atoms with van der Waals surface area (Å²) < 4.78 is 4.47. The number of methoxy groups -OCH3 is 1. The van der Waals surface area contributed by atoms with E-state index in [-0.39, 0.29) is 0 Å². The average Bonchev–Trinajstić information content (AvgIpc) is 2.27. The Morgan fingerprint density at radius 1 is 1.62 bits per heavy atom. The van der Waals surface area contributed by atoms with Crippen LogP contribution in [0, 0.1) is 6.92 Å². The lowest BCUT2D eigenvalue weighted by molar-refractivity contribution is -0.155. The number of aliphatic hydroxyl groups is 1. The zero-order valence-electron chi connectivity index (χ0n) is 9.60. The van der Waals surface area contributed by atoms with Crippen molar-refractivity contribution in [1.29, 1.82) is 0 Å². The van der Waals surface area contributed by atoms with Crippen molar-refractivity contribution in [3.05, 3.63) is 35.7 Å². The number of aromatic nitrogens is 1. The molecule has 1 atom stereocenters. The normalized spacial score (nSPS) is 14.8. The van der Waals surface area contributed by atoms with Gasteiger partial charge in [0.05, 0.1) is 12.8 Å². The number of esters is 1. The first kappa shape index (κ1) is 12.4. The zero-order valence-corrected chi connectivity index (χ0v) is 9.60. The van der Waals surface area contributed by atoms with Crippen LogP contribution in [0.4, 0.5) is 0 Å². The van der Waals surface area contributed by atoms with Crippen LogP contribution in [-0.4, -0.2) is 28.8 Å². The van der Waals surface area contributed by atoms with Crippen molar-refractivity contribution in [2.24, 2.45) is 0 Å². The number of hydrogen-bond acceptors (Lipinski definition) is 4. The molecule has 1 heterocycles. The van der Waals surface area contributed by atoms with Crippen molar-refractivity contribution in [1.82, 2.24) is 4.98 Å². The quantitative estimate of drug-likeness (QED) is 0.782. The monoisotopic (exact) mass is 221 g/mol. The van der Waals surface area contributed by atoms with E-state index in [1.165, 1.54) is 20.1 Å². The van der Waals surface area contributed by atoms with Gasteiger partial charge in [-0.15, -0.1) is 0 Å². The maximum absolute atomic E-state index is 11.2. The van der Waals surface area contributed by atoms with Crippen LogP contribution in [0.5, 0.6) is 0 Å². The molecule has 1 aromatic rings. The molecule has 1 N–H and O–H groups in total. The predicted molar refractivity (Wildman–Crippen MR) is 60.6 cm³/mol. The van der Waals surface area contributed by atoms with Gasteiger partial charge in [-0.3, -0.25) is 4.98 Å². The molecule has 0 radical (unpaired) electrons. The Bertz CT molecular complexity index is 410. The van der Waals surface area contributed by atoms with Crippen LogP contribution in [0.3, 0.4) is 0 Å². The van der Waals surface area contributed by atoms with Gasteiger partial charge in [0.1, 0.15) is 0 Å². The van der Waals surface area contributed by atoms with Crippen LogP contribution in [0.1, 0.15) is 18.2 Å². The molecule has 1 aromatic heterocycles. The second-order valence-corrected chi connectivity index (χ2v) is 3.68. The van der Waals surface area contributed by atoms with Crippen LogP contribution >= 0.6 is 0 Å². The van der Waals surface area contributed by atoms with E-state index in [2.05, 4.69) is 9.72 Å². The maximum atomic E-state index is 11.2. The number of rotatable bonds is 3. The van der Waals surface area contributed by atoms with Gasteiger partial charge in [0.15, 0.2) is 5.60 Å². The van der Waals surface area contributed by atoms with Gasteiger partial charge in [-0.1, -0.05) is 6.07 Å². The highest BCUT2D eigenvalue weighted by atomic mass is 16.5. The van der Waals surface area contributed by atoms with Gasteiger partial charge in [0.25, 0.3) is 0 Å². The Kier molecular flexibility index (Phi) is 3.79. The summed E-state index contributed by atoms with van der Waals surface area (Å²) in [5.74, 6) is -0.697. The molecule has 0 aliphatic heterocycles. The maximum Gasteiger partial charge on any atom is 0.341 e. The summed E-state index contributed by atoms with van der Waals surface area (Å²) in [5, 5.41) is 9.75. The van der Waals surface area contributed by atoms with Crippen molar-refractivity contribution >= 4 is 12.0 Å². The summed E-state index contributed by atoms with van der Waals surface area (Å²) >= 11 is 0. The number of hydrogen-bond donors (Lipinski definition) is 1. The highest BCUT2D eigenvalue weighted by Crippen LogP contribution is 2.12. The topological polar surface area (TPSA) is 59.4 Å². The molecule has 0 spiro atoms. The molecule has 16 heavy (non-hydrogen) atoms. The summed E-state index contributed by atoms with van der Waals surface area (Å²) in [6.07, 6.45) is 4.62. The second kappa shape index (κ2) is 4.90. The smallest absolute Gasteiger partial charge is 0.341 e. The van der Waals surface area contributed by atoms with Crippen LogP contribution < -0.4 is 0 Å². The molecule has 1 rings (SSSR count). The van der Waals surface area contributed by atoms with E-state index in [0.29, 0.717) is 5.69 Å². The zero-order chi connectivity index (χ0) is 12.2. The molecular formula is C12H15NO3. The van der Waals surface area contributed by atoms with E-state index in [4.69, 9.17) is 0 Å². The number of ether oxygens (including phenoxy) is 1. The van der Waals surface area contributed by atoms with Crippen molar-refractivity contribution in [2.45, 2.75) is 19.4 Å². The highest BCUT2D eigenvalue weighted by molar-refractivity contribution is 5.82. The van der Waals surface area contributed by atoms with Crippen molar-refractivity contribution in [2.75, 3.05) is 7.11 Å². The first-order chi connectivity index (χ1) is 7.47. The largest absolute Gasteiger partial charge is 0.467 e. The van der Waals surface area contributed by atoms with Gasteiger partial charge in [-0.2, -0.15) is 0 Å². The van der Waals surface area contributed by atoms with E-state index in [0.717, 1.165) is 5.56 Å². The SMILES string of the molecule is COC(=O)C(C)(O)/C=C/c1ncccc1C. The van der Waals surface area contributed by atoms with Crippen molar-refractivity contribution in [3.63, 3.8) is 0 Å². The van der Waals surface area contributed by atoms with Gasteiger partial charge < -0.3 is 9.84 Å². The van der Waals surface area contributed by atoms with Crippen molar-refractivity contribution in [3.8, 4) is 0 Å². The van der Waals surface area contributed by atoms with E-state index in [1.54, 1.807) is 12.3 Å². The molecule has 0 aliphatic carbocycles. The van der Waals surface area contributed by atoms with Gasteiger partial charge in [-0.25, -0.2) is 4.79 Å². The molecule has 0 saturated heterocycles. The Balaban J connectivity index is 2.89. The minimum atomic E-state index is -1.63. The Hall–Kier alpha value is -1.68. The molecule has 0 bridgehead atoms. The van der Waals surface area contributed by atoms with Gasteiger partial charge >= 0.3 is 5.97 Å². The lowest BCUT2D eigenvalue weighted by Gasteiger charge is -2.15. The van der Waals surface area contributed by atoms with E-state index >= 15 is 0 Å². The number of aryl methyl sites for hydroxylation is 1. The third-order valence-corrected chi connectivity index (χ3v) is 2.21. The minimum Gasteiger partial charge on any atom is -0.467 e. The summed E-state index contributed by atoms with van der Waals surface area (Å²) in [7, 11) is 1.23. The van der Waals surface area contributed by atoms with E-state index < -0.39 is 11.6 Å². The molecular weight excluding hydrogens is 206 g/mol. The third kappa shape index (κ3) is 2.90. The highest BCUT2D eigenvalue weighted by Gasteiger charge is 2.27. The first-order valence-electron chi connectivity index (χ1n) is 4.89. The van der Waals surface area contributed by atoms with Crippen LogP contribution in [0.25, 0.3) is 6.08 Å². The Labute approximate surface area is 94.6 Å². The molecule has 0 fully saturated rings. The third-order valence-electron chi connectivity index (χ3n) is 2.21. The van der Waals surface area contributed by atoms with Gasteiger partial charge in [-0.05, 0) is 37.6 Å². The predicted octanol–water partition coefficient (Wildman–Crippen LogP) is 1.33. The fraction of sp³-hybridized carbons (Fsp3) is 0.333. The lowest BCUT2D eigenvalue weighted by atomic mass is 10.1. The molecule has 4 heteroatoms. The number of nitrogens with zero attached hydrogens (tertiary/aromatic N) is 1. The number of pyridine rings is 1. The standard InChI is InChI=1S/C12H15NO3/c1-9-5-4-8-13-10(9)6-7-12(2,15)11(14)16-3/h4-8,15H,1-3H3/b7-6+. The molecule has 0 aliphatic rings. The van der Waals surface area contributed by atoms with E-state index in [1.807, 2.05) is 19.1 Å².